The molecule has 162 valence electrons. The lowest BCUT2D eigenvalue weighted by atomic mass is 10.1. The number of rotatable bonds is 6. The predicted molar refractivity (Wildman–Crippen MR) is 129 cm³/mol. The maximum atomic E-state index is 12.8. The molecule has 1 amide bonds. The van der Waals surface area contributed by atoms with Crippen LogP contribution in [0.5, 0.6) is 5.75 Å². The summed E-state index contributed by atoms with van der Waals surface area (Å²) in [6.07, 6.45) is 3.33. The van der Waals surface area contributed by atoms with Crippen molar-refractivity contribution in [2.24, 2.45) is 0 Å². The number of nitrogens with zero attached hydrogens (tertiary/aromatic N) is 3. The van der Waals surface area contributed by atoms with E-state index in [0.29, 0.717) is 22.0 Å². The predicted octanol–water partition coefficient (Wildman–Crippen LogP) is 5.75. The van der Waals surface area contributed by atoms with Gasteiger partial charge in [0, 0.05) is 28.0 Å². The van der Waals surface area contributed by atoms with E-state index in [-0.39, 0.29) is 5.57 Å². The van der Waals surface area contributed by atoms with Crippen LogP contribution in [0.15, 0.2) is 90.6 Å². The third kappa shape index (κ3) is 5.12. The van der Waals surface area contributed by atoms with E-state index in [2.05, 4.69) is 5.32 Å². The summed E-state index contributed by atoms with van der Waals surface area (Å²) < 4.78 is 6.97. The second-order valence-corrected chi connectivity index (χ2v) is 7.51. The van der Waals surface area contributed by atoms with E-state index in [1.54, 1.807) is 42.3 Å². The van der Waals surface area contributed by atoms with Gasteiger partial charge in [-0.15, -0.1) is 0 Å². The van der Waals surface area contributed by atoms with Crippen molar-refractivity contribution in [3.8, 4) is 28.8 Å². The van der Waals surface area contributed by atoms with Gasteiger partial charge in [0.1, 0.15) is 17.4 Å². The minimum atomic E-state index is -0.520. The van der Waals surface area contributed by atoms with Crippen molar-refractivity contribution < 1.29 is 9.53 Å². The minimum absolute atomic E-state index is 0.0488. The number of anilines is 1. The van der Waals surface area contributed by atoms with Crippen LogP contribution in [-0.2, 0) is 4.79 Å². The molecule has 0 saturated heterocycles. The number of nitriles is 1. The molecule has 6 nitrogen and oxygen atoms in total. The molecule has 1 heterocycles. The number of ether oxygens (including phenoxy) is 1. The number of hydrogen-bond acceptors (Lipinski definition) is 4. The number of aromatic nitrogens is 2. The third-order valence-electron chi connectivity index (χ3n) is 4.89. The Morgan fingerprint density at radius 1 is 1.06 bits per heavy atom. The molecule has 0 bridgehead atoms. The topological polar surface area (TPSA) is 79.9 Å². The zero-order valence-corrected chi connectivity index (χ0v) is 18.5. The summed E-state index contributed by atoms with van der Waals surface area (Å²) in [6, 6.07) is 25.7. The van der Waals surface area contributed by atoms with Crippen LogP contribution in [0.25, 0.3) is 23.0 Å². The normalized spacial score (nSPS) is 11.0. The first kappa shape index (κ1) is 21.9. The van der Waals surface area contributed by atoms with Gasteiger partial charge in [0.25, 0.3) is 5.91 Å². The van der Waals surface area contributed by atoms with Gasteiger partial charge in [-0.1, -0.05) is 29.8 Å². The molecule has 0 radical (unpaired) electrons. The lowest BCUT2D eigenvalue weighted by molar-refractivity contribution is -0.112. The summed E-state index contributed by atoms with van der Waals surface area (Å²) in [4.78, 5) is 12.8. The van der Waals surface area contributed by atoms with Gasteiger partial charge >= 0.3 is 0 Å². The summed E-state index contributed by atoms with van der Waals surface area (Å²) in [6.45, 7) is 0. The molecule has 7 heteroatoms. The highest BCUT2D eigenvalue weighted by Crippen LogP contribution is 2.27. The smallest absolute Gasteiger partial charge is 0.266 e. The first-order valence-corrected chi connectivity index (χ1v) is 10.4. The quantitative estimate of drug-likeness (QED) is 0.297. The van der Waals surface area contributed by atoms with Gasteiger partial charge in [-0.3, -0.25) is 4.79 Å². The Labute approximate surface area is 196 Å². The van der Waals surface area contributed by atoms with E-state index < -0.39 is 5.91 Å². The van der Waals surface area contributed by atoms with Crippen LogP contribution in [0, 0.1) is 11.3 Å². The van der Waals surface area contributed by atoms with E-state index in [9.17, 15) is 10.1 Å². The molecule has 0 atom stereocenters. The average molecular weight is 455 g/mol. The van der Waals surface area contributed by atoms with E-state index in [1.165, 1.54) is 6.08 Å². The number of carbonyl (C=O) groups excluding carboxylic acids is 1. The summed E-state index contributed by atoms with van der Waals surface area (Å²) in [5, 5.41) is 17.7. The van der Waals surface area contributed by atoms with Crippen LogP contribution in [0.1, 0.15) is 5.56 Å². The number of para-hydroxylation sites is 1. The lowest BCUT2D eigenvalue weighted by Gasteiger charge is -2.05. The first-order chi connectivity index (χ1) is 16.1. The van der Waals surface area contributed by atoms with Gasteiger partial charge in [0.05, 0.1) is 18.5 Å². The van der Waals surface area contributed by atoms with Crippen molar-refractivity contribution in [2.45, 2.75) is 0 Å². The molecular weight excluding hydrogens is 436 g/mol. The van der Waals surface area contributed by atoms with Crippen molar-refractivity contribution >= 4 is 29.3 Å². The van der Waals surface area contributed by atoms with Crippen LogP contribution in [0.4, 0.5) is 5.69 Å². The van der Waals surface area contributed by atoms with E-state index in [1.807, 2.05) is 60.7 Å². The van der Waals surface area contributed by atoms with Crippen molar-refractivity contribution in [1.29, 1.82) is 5.26 Å². The fourth-order valence-corrected chi connectivity index (χ4v) is 3.34. The molecule has 4 aromatic rings. The van der Waals surface area contributed by atoms with Crippen molar-refractivity contribution in [2.75, 3.05) is 12.4 Å². The second-order valence-electron chi connectivity index (χ2n) is 7.07. The Bertz CT molecular complexity index is 1340. The maximum absolute atomic E-state index is 12.8. The molecule has 0 unspecified atom stereocenters. The Morgan fingerprint density at radius 3 is 2.39 bits per heavy atom. The molecule has 1 aromatic heterocycles. The van der Waals surface area contributed by atoms with Crippen LogP contribution in [0.2, 0.25) is 5.02 Å². The molecule has 0 aliphatic rings. The number of benzene rings is 3. The Balaban J connectivity index is 1.74. The van der Waals surface area contributed by atoms with Crippen LogP contribution in [0.3, 0.4) is 0 Å². The standard InChI is InChI=1S/C26H19ClN4O2/c1-33-24-13-7-18(8-14-24)25-20(17-31(30-25)23-5-3-2-4-6-23)15-19(16-28)26(32)29-22-11-9-21(27)10-12-22/h2-15,17H,1H3,(H,29,32)/b19-15+. The minimum Gasteiger partial charge on any atom is -0.497 e. The summed E-state index contributed by atoms with van der Waals surface area (Å²) in [5.41, 5.74) is 3.44. The molecule has 0 spiro atoms. The zero-order valence-electron chi connectivity index (χ0n) is 17.7. The number of carbonyl (C=O) groups is 1. The Hall–Kier alpha value is -4.34. The number of nitrogens with one attached hydrogen (secondary N) is 1. The van der Waals surface area contributed by atoms with Crippen molar-refractivity contribution in [3.05, 3.63) is 101 Å². The first-order valence-electron chi connectivity index (χ1n) is 10.1. The van der Waals surface area contributed by atoms with Crippen LogP contribution >= 0.6 is 11.6 Å². The highest BCUT2D eigenvalue weighted by atomic mass is 35.5. The monoisotopic (exact) mass is 454 g/mol. The van der Waals surface area contributed by atoms with Crippen molar-refractivity contribution in [1.82, 2.24) is 9.78 Å². The SMILES string of the molecule is COc1ccc(-c2nn(-c3ccccc3)cc2/C=C(\C#N)C(=O)Nc2ccc(Cl)cc2)cc1. The van der Waals surface area contributed by atoms with Gasteiger partial charge in [0.15, 0.2) is 0 Å². The molecule has 33 heavy (non-hydrogen) atoms. The molecule has 0 aliphatic heterocycles. The van der Waals surface area contributed by atoms with Crippen LogP contribution < -0.4 is 10.1 Å². The molecule has 0 fully saturated rings. The van der Waals surface area contributed by atoms with Gasteiger partial charge < -0.3 is 10.1 Å². The average Bonchev–Trinajstić information content (AvgIpc) is 3.28. The van der Waals surface area contributed by atoms with E-state index in [4.69, 9.17) is 21.4 Å². The third-order valence-corrected chi connectivity index (χ3v) is 5.15. The van der Waals surface area contributed by atoms with Gasteiger partial charge in [-0.05, 0) is 66.7 Å². The number of hydrogen-bond donors (Lipinski definition) is 1. The van der Waals surface area contributed by atoms with Gasteiger partial charge in [0.2, 0.25) is 0 Å². The highest BCUT2D eigenvalue weighted by molar-refractivity contribution is 6.30. The van der Waals surface area contributed by atoms with Gasteiger partial charge in [-0.2, -0.15) is 10.4 Å². The molecule has 0 aliphatic carbocycles. The highest BCUT2D eigenvalue weighted by Gasteiger charge is 2.15. The Kier molecular flexibility index (Phi) is 6.53. The van der Waals surface area contributed by atoms with Crippen molar-refractivity contribution in [3.63, 3.8) is 0 Å². The Morgan fingerprint density at radius 2 is 1.76 bits per heavy atom. The summed E-state index contributed by atoms with van der Waals surface area (Å²) in [5.74, 6) is 0.200. The van der Waals surface area contributed by atoms with Gasteiger partial charge in [-0.25, -0.2) is 4.68 Å². The second kappa shape index (κ2) is 9.86. The largest absolute Gasteiger partial charge is 0.497 e. The molecular formula is C26H19ClN4O2. The zero-order chi connectivity index (χ0) is 23.2. The van der Waals surface area contributed by atoms with Crippen LogP contribution in [-0.4, -0.2) is 22.8 Å². The molecule has 0 saturated carbocycles. The maximum Gasteiger partial charge on any atom is 0.266 e. The molecule has 1 N–H and O–H groups in total. The fraction of sp³-hybridized carbons (Fsp3) is 0.0385. The molecule has 4 rings (SSSR count). The van der Waals surface area contributed by atoms with E-state index in [0.717, 1.165) is 17.0 Å². The van der Waals surface area contributed by atoms with E-state index >= 15 is 0 Å². The number of methoxy groups -OCH3 is 1. The number of halogens is 1. The summed E-state index contributed by atoms with van der Waals surface area (Å²) >= 11 is 5.90. The lowest BCUT2D eigenvalue weighted by Crippen LogP contribution is -2.13. The fourth-order valence-electron chi connectivity index (χ4n) is 3.21. The molecule has 3 aromatic carbocycles. The summed E-state index contributed by atoms with van der Waals surface area (Å²) in [7, 11) is 1.60. The number of amides is 1.